The molecule has 0 N–H and O–H groups in total. The van der Waals surface area contributed by atoms with E-state index < -0.39 is 0 Å². The Bertz CT molecular complexity index is 155. The van der Waals surface area contributed by atoms with Crippen LogP contribution in [0.25, 0.3) is 0 Å². The van der Waals surface area contributed by atoms with Gasteiger partial charge in [-0.2, -0.15) is 0 Å². The second-order valence-electron chi connectivity index (χ2n) is 3.59. The molecule has 0 saturated carbocycles. The van der Waals surface area contributed by atoms with Crippen LogP contribution in [0, 0.1) is 0 Å². The molecular formula is C10H18ClNO. The standard InChI is InChI=1S/C10H18ClNO/c11-7-3-2-6-10(13)12-8-4-1-5-9-12/h1-9H2. The smallest absolute Gasteiger partial charge is 0.222 e. The highest BCUT2D eigenvalue weighted by Crippen LogP contribution is 2.11. The molecular weight excluding hydrogens is 186 g/mol. The van der Waals surface area contributed by atoms with Crippen LogP contribution in [0.15, 0.2) is 0 Å². The molecule has 0 aromatic carbocycles. The Morgan fingerprint density at radius 1 is 1.15 bits per heavy atom. The summed E-state index contributed by atoms with van der Waals surface area (Å²) in [7, 11) is 0. The molecule has 1 aliphatic rings. The number of carbonyl (C=O) groups is 1. The minimum absolute atomic E-state index is 0.324. The third-order valence-electron chi connectivity index (χ3n) is 2.48. The third kappa shape index (κ3) is 3.99. The van der Waals surface area contributed by atoms with E-state index in [1.807, 2.05) is 4.90 Å². The molecule has 0 aliphatic carbocycles. The molecule has 1 aliphatic heterocycles. The van der Waals surface area contributed by atoms with Gasteiger partial charge in [-0.15, -0.1) is 11.6 Å². The average molecular weight is 204 g/mol. The minimum Gasteiger partial charge on any atom is -0.343 e. The van der Waals surface area contributed by atoms with Gasteiger partial charge >= 0.3 is 0 Å². The molecule has 0 bridgehead atoms. The van der Waals surface area contributed by atoms with E-state index in [4.69, 9.17) is 11.6 Å². The largest absolute Gasteiger partial charge is 0.343 e. The van der Waals surface area contributed by atoms with Gasteiger partial charge in [-0.05, 0) is 32.1 Å². The van der Waals surface area contributed by atoms with Crippen LogP contribution in [-0.2, 0) is 4.79 Å². The zero-order chi connectivity index (χ0) is 9.52. The quantitative estimate of drug-likeness (QED) is 0.508. The maximum atomic E-state index is 11.6. The first-order valence-electron chi connectivity index (χ1n) is 5.18. The van der Waals surface area contributed by atoms with Gasteiger partial charge in [0.05, 0.1) is 0 Å². The van der Waals surface area contributed by atoms with Crippen molar-refractivity contribution >= 4 is 17.5 Å². The van der Waals surface area contributed by atoms with Gasteiger partial charge in [0.1, 0.15) is 0 Å². The molecule has 1 amide bonds. The lowest BCUT2D eigenvalue weighted by atomic mass is 10.1. The zero-order valence-electron chi connectivity index (χ0n) is 8.10. The third-order valence-corrected chi connectivity index (χ3v) is 2.75. The predicted octanol–water partition coefficient (Wildman–Crippen LogP) is 2.41. The highest BCUT2D eigenvalue weighted by molar-refractivity contribution is 6.17. The molecule has 3 heteroatoms. The van der Waals surface area contributed by atoms with E-state index in [0.29, 0.717) is 18.2 Å². The molecule has 76 valence electrons. The van der Waals surface area contributed by atoms with Crippen LogP contribution < -0.4 is 0 Å². The van der Waals surface area contributed by atoms with Crippen LogP contribution in [0.2, 0.25) is 0 Å². The highest BCUT2D eigenvalue weighted by Gasteiger charge is 2.15. The molecule has 0 atom stereocenters. The molecule has 0 aromatic rings. The first-order chi connectivity index (χ1) is 6.34. The van der Waals surface area contributed by atoms with Crippen LogP contribution >= 0.6 is 11.6 Å². The average Bonchev–Trinajstić information content (AvgIpc) is 2.19. The number of hydrogen-bond donors (Lipinski definition) is 0. The molecule has 0 radical (unpaired) electrons. The Kier molecular flexibility index (Phi) is 5.21. The van der Waals surface area contributed by atoms with E-state index >= 15 is 0 Å². The van der Waals surface area contributed by atoms with Crippen molar-refractivity contribution in [3.8, 4) is 0 Å². The monoisotopic (exact) mass is 203 g/mol. The number of amides is 1. The van der Waals surface area contributed by atoms with Crippen molar-refractivity contribution in [2.45, 2.75) is 38.5 Å². The number of alkyl halides is 1. The van der Waals surface area contributed by atoms with Gasteiger partial charge in [0.15, 0.2) is 0 Å². The highest BCUT2D eigenvalue weighted by atomic mass is 35.5. The van der Waals surface area contributed by atoms with E-state index in [1.54, 1.807) is 0 Å². The molecule has 2 nitrogen and oxygen atoms in total. The Morgan fingerprint density at radius 2 is 1.85 bits per heavy atom. The fourth-order valence-electron chi connectivity index (χ4n) is 1.67. The van der Waals surface area contributed by atoms with Gasteiger partial charge < -0.3 is 4.90 Å². The summed E-state index contributed by atoms with van der Waals surface area (Å²) in [5.74, 6) is 0.998. The lowest BCUT2D eigenvalue weighted by molar-refractivity contribution is -0.132. The van der Waals surface area contributed by atoms with Crippen molar-refractivity contribution in [2.75, 3.05) is 19.0 Å². The van der Waals surface area contributed by atoms with Crippen molar-refractivity contribution in [3.63, 3.8) is 0 Å². The Morgan fingerprint density at radius 3 is 2.46 bits per heavy atom. The fourth-order valence-corrected chi connectivity index (χ4v) is 1.86. The number of likely N-dealkylation sites (tertiary alicyclic amines) is 1. The molecule has 0 spiro atoms. The van der Waals surface area contributed by atoms with Crippen LogP contribution in [0.3, 0.4) is 0 Å². The van der Waals surface area contributed by atoms with Gasteiger partial charge in [-0.25, -0.2) is 0 Å². The van der Waals surface area contributed by atoms with Gasteiger partial charge in [0, 0.05) is 25.4 Å². The predicted molar refractivity (Wildman–Crippen MR) is 55.0 cm³/mol. The van der Waals surface area contributed by atoms with Crippen molar-refractivity contribution < 1.29 is 4.79 Å². The van der Waals surface area contributed by atoms with Crippen LogP contribution in [0.5, 0.6) is 0 Å². The summed E-state index contributed by atoms with van der Waals surface area (Å²) >= 11 is 5.55. The molecule has 1 fully saturated rings. The molecule has 0 unspecified atom stereocenters. The zero-order valence-corrected chi connectivity index (χ0v) is 8.85. The normalized spacial score (nSPS) is 17.5. The van der Waals surface area contributed by atoms with E-state index in [9.17, 15) is 4.79 Å². The Balaban J connectivity index is 2.13. The Labute approximate surface area is 85.2 Å². The number of piperidine rings is 1. The minimum atomic E-state index is 0.324. The summed E-state index contributed by atoms with van der Waals surface area (Å²) in [6.07, 6.45) is 6.24. The summed E-state index contributed by atoms with van der Waals surface area (Å²) in [6, 6.07) is 0. The first-order valence-corrected chi connectivity index (χ1v) is 5.72. The van der Waals surface area contributed by atoms with E-state index in [2.05, 4.69) is 0 Å². The lowest BCUT2D eigenvalue weighted by Crippen LogP contribution is -2.35. The second-order valence-corrected chi connectivity index (χ2v) is 3.97. The number of unbranched alkanes of at least 4 members (excludes halogenated alkanes) is 1. The summed E-state index contributed by atoms with van der Waals surface area (Å²) in [4.78, 5) is 13.6. The SMILES string of the molecule is O=C(CCCCCl)N1CCCCC1. The molecule has 1 rings (SSSR count). The van der Waals surface area contributed by atoms with Crippen molar-refractivity contribution in [2.24, 2.45) is 0 Å². The van der Waals surface area contributed by atoms with Crippen LogP contribution in [0.4, 0.5) is 0 Å². The van der Waals surface area contributed by atoms with Gasteiger partial charge in [-0.1, -0.05) is 0 Å². The van der Waals surface area contributed by atoms with Crippen molar-refractivity contribution in [1.82, 2.24) is 4.90 Å². The molecule has 13 heavy (non-hydrogen) atoms. The maximum absolute atomic E-state index is 11.6. The topological polar surface area (TPSA) is 20.3 Å². The number of hydrogen-bond acceptors (Lipinski definition) is 1. The lowest BCUT2D eigenvalue weighted by Gasteiger charge is -2.26. The van der Waals surface area contributed by atoms with Gasteiger partial charge in [0.2, 0.25) is 5.91 Å². The maximum Gasteiger partial charge on any atom is 0.222 e. The molecule has 1 heterocycles. The fraction of sp³-hybridized carbons (Fsp3) is 0.900. The molecule has 0 aromatic heterocycles. The van der Waals surface area contributed by atoms with Crippen molar-refractivity contribution in [1.29, 1.82) is 0 Å². The summed E-state index contributed by atoms with van der Waals surface area (Å²) in [5.41, 5.74) is 0. The van der Waals surface area contributed by atoms with E-state index in [0.717, 1.165) is 25.9 Å². The van der Waals surface area contributed by atoms with Gasteiger partial charge in [-0.3, -0.25) is 4.79 Å². The number of carbonyl (C=O) groups excluding carboxylic acids is 1. The summed E-state index contributed by atoms with van der Waals surface area (Å²) < 4.78 is 0. The second kappa shape index (κ2) is 6.25. The van der Waals surface area contributed by atoms with Crippen molar-refractivity contribution in [3.05, 3.63) is 0 Å². The first kappa shape index (κ1) is 10.8. The van der Waals surface area contributed by atoms with E-state index in [-0.39, 0.29) is 0 Å². The van der Waals surface area contributed by atoms with E-state index in [1.165, 1.54) is 19.3 Å². The Hall–Kier alpha value is -0.240. The summed E-state index contributed by atoms with van der Waals surface area (Å²) in [5, 5.41) is 0. The number of rotatable bonds is 4. The molecule has 1 saturated heterocycles. The van der Waals surface area contributed by atoms with Crippen LogP contribution in [-0.4, -0.2) is 29.8 Å². The van der Waals surface area contributed by atoms with Crippen LogP contribution in [0.1, 0.15) is 38.5 Å². The number of nitrogens with zero attached hydrogens (tertiary/aromatic N) is 1. The summed E-state index contributed by atoms with van der Waals surface area (Å²) in [6.45, 7) is 1.94. The number of halogens is 1. The van der Waals surface area contributed by atoms with Gasteiger partial charge in [0.25, 0.3) is 0 Å².